The summed E-state index contributed by atoms with van der Waals surface area (Å²) >= 11 is 0. The summed E-state index contributed by atoms with van der Waals surface area (Å²) < 4.78 is 27.2. The Kier molecular flexibility index (Phi) is 16.7. The summed E-state index contributed by atoms with van der Waals surface area (Å²) in [5.74, 6) is 0. The van der Waals surface area contributed by atoms with Crippen LogP contribution in [0.1, 0.15) is 141 Å². The van der Waals surface area contributed by atoms with Gasteiger partial charge in [0, 0.05) is 123 Å². The van der Waals surface area contributed by atoms with Crippen molar-refractivity contribution in [2.45, 2.75) is 144 Å². The molecule has 0 N–H and O–H groups in total. The molecule has 128 heavy (non-hydrogen) atoms. The normalized spacial score (nSPS) is 13.9. The number of hydrogen-bond acceptors (Lipinski definition) is 8. The summed E-state index contributed by atoms with van der Waals surface area (Å²) in [7, 11) is 0. The van der Waals surface area contributed by atoms with Crippen molar-refractivity contribution in [1.29, 1.82) is 0 Å². The first-order chi connectivity index (χ1) is 61.5. The van der Waals surface area contributed by atoms with Gasteiger partial charge in [0.25, 0.3) is 13.4 Å². The molecule has 0 saturated heterocycles. The number of anilines is 12. The number of aryl methyl sites for hydroxylation is 2. The van der Waals surface area contributed by atoms with Crippen LogP contribution in [0.4, 0.5) is 68.2 Å². The van der Waals surface area contributed by atoms with E-state index in [0.717, 1.165) is 139 Å². The highest BCUT2D eigenvalue weighted by Crippen LogP contribution is 2.52. The van der Waals surface area contributed by atoms with Crippen molar-refractivity contribution < 1.29 is 17.7 Å². The lowest BCUT2D eigenvalue weighted by Gasteiger charge is -2.45. The second kappa shape index (κ2) is 27.5. The maximum Gasteiger partial charge on any atom is 0.252 e. The number of furan rings is 4. The molecule has 8 nitrogen and oxygen atoms in total. The summed E-state index contributed by atoms with van der Waals surface area (Å²) in [6, 6.07) is 114. The van der Waals surface area contributed by atoms with Crippen molar-refractivity contribution in [3.8, 4) is 22.3 Å². The van der Waals surface area contributed by atoms with Gasteiger partial charge in [-0.2, -0.15) is 0 Å². The Labute approximate surface area is 748 Å². The molecule has 622 valence electrons. The Morgan fingerprint density at radius 2 is 0.539 bits per heavy atom. The van der Waals surface area contributed by atoms with E-state index in [1.165, 1.54) is 123 Å². The fourth-order valence-electron chi connectivity index (χ4n) is 21.8. The Morgan fingerprint density at radius 3 is 0.953 bits per heavy atom. The highest BCUT2D eigenvalue weighted by atomic mass is 16.3. The molecule has 0 amide bonds. The van der Waals surface area contributed by atoms with Crippen LogP contribution in [0.5, 0.6) is 0 Å². The molecule has 24 rings (SSSR count). The Balaban J connectivity index is 0.554. The Hall–Kier alpha value is -14.0. The maximum atomic E-state index is 7.21. The van der Waals surface area contributed by atoms with Crippen LogP contribution in [-0.2, 0) is 33.5 Å². The van der Waals surface area contributed by atoms with Crippen LogP contribution in [0, 0.1) is 13.8 Å². The minimum atomic E-state index is -0.303. The molecule has 0 spiro atoms. The number of para-hydroxylation sites is 2. The molecule has 10 heteroatoms. The lowest BCUT2D eigenvalue weighted by Crippen LogP contribution is -2.61. The number of fused-ring (bicyclic) bond motifs is 20. The van der Waals surface area contributed by atoms with E-state index in [4.69, 9.17) is 17.7 Å². The molecule has 0 saturated carbocycles. The van der Waals surface area contributed by atoms with Gasteiger partial charge >= 0.3 is 0 Å². The summed E-state index contributed by atoms with van der Waals surface area (Å²) in [5, 5.41) is 8.96. The first-order valence-electron chi connectivity index (χ1n) is 45.5. The van der Waals surface area contributed by atoms with E-state index in [1.807, 2.05) is 12.1 Å². The third kappa shape index (κ3) is 12.1. The van der Waals surface area contributed by atoms with Crippen molar-refractivity contribution in [2.24, 2.45) is 0 Å². The van der Waals surface area contributed by atoms with Crippen molar-refractivity contribution in [2.75, 3.05) is 19.6 Å². The fraction of sp³-hybridized carbons (Fsp3) is 0.186. The monoisotopic (exact) mass is 1660 g/mol. The standard InChI is InChI=1S/C118H100B2N4O4/c1-68-54-99-112-101(56-68)123(82-43-48-88-85-24-18-20-26-104(85)126-109(88)65-82)97-52-37-77(116(9,10)11)62-93(97)119(112)91-60-75(114(3,4)5)36-51-96(91)122(99)81-41-30-71(31-42-81)73-33-46-90-107(59-73)127-105-27-21-22-74(111(90)105)67-118(15,16)79-34-47-87-89-49-44-83(66-110(89)128-108(87)64-79)124-98-53-38-78(117(12,13)14)63-94(98)120-92-61-76(115(6,7)8)35-50-95(92)121(100-55-69(2)57-102(124)113(100)120)80-39-28-70(29-40-80)72-32-45-86-84-23-17-19-25-103(84)125-106(86)58-72/h17-66H,67H2,1-16H3. The highest BCUT2D eigenvalue weighted by Gasteiger charge is 2.47. The van der Waals surface area contributed by atoms with Crippen molar-refractivity contribution in [3.05, 3.63) is 348 Å². The number of benzene rings is 16. The predicted octanol–water partition coefficient (Wildman–Crippen LogP) is 29.1. The molecule has 0 unspecified atom stereocenters. The average Bonchev–Trinajstić information content (AvgIpc) is 0.797. The molecule has 0 atom stereocenters. The lowest BCUT2D eigenvalue weighted by molar-refractivity contribution is 0.523. The molecule has 4 aliphatic rings. The third-order valence-corrected chi connectivity index (χ3v) is 28.5. The Bertz CT molecular complexity index is 8120. The molecule has 0 fully saturated rings. The van der Waals surface area contributed by atoms with Crippen LogP contribution in [0.25, 0.3) is 110 Å². The zero-order chi connectivity index (χ0) is 87.4. The van der Waals surface area contributed by atoms with Gasteiger partial charge in [0.15, 0.2) is 0 Å². The van der Waals surface area contributed by atoms with Crippen LogP contribution in [-0.4, -0.2) is 13.4 Å². The molecule has 0 radical (unpaired) electrons. The molecule has 4 aromatic heterocycles. The van der Waals surface area contributed by atoms with Crippen molar-refractivity contribution in [3.63, 3.8) is 0 Å². The first kappa shape index (κ1) is 77.6. The van der Waals surface area contributed by atoms with Gasteiger partial charge in [-0.15, -0.1) is 0 Å². The van der Waals surface area contributed by atoms with E-state index in [9.17, 15) is 0 Å². The molecule has 0 aliphatic carbocycles. The summed E-state index contributed by atoms with van der Waals surface area (Å²) in [4.78, 5) is 10.1. The van der Waals surface area contributed by atoms with E-state index in [2.05, 4.69) is 422 Å². The third-order valence-electron chi connectivity index (χ3n) is 28.5. The van der Waals surface area contributed by atoms with Crippen LogP contribution in [0.2, 0.25) is 0 Å². The number of hydrogen-bond donors (Lipinski definition) is 0. The lowest BCUT2D eigenvalue weighted by atomic mass is 9.33. The minimum Gasteiger partial charge on any atom is -0.456 e. The van der Waals surface area contributed by atoms with Gasteiger partial charge in [0.2, 0.25) is 0 Å². The zero-order valence-corrected chi connectivity index (χ0v) is 75.7. The van der Waals surface area contributed by atoms with Gasteiger partial charge in [0.1, 0.15) is 44.7 Å². The zero-order valence-electron chi connectivity index (χ0n) is 75.7. The molecule has 20 aromatic rings. The molecular weight excluding hydrogens is 1560 g/mol. The van der Waals surface area contributed by atoms with Crippen LogP contribution >= 0.6 is 0 Å². The van der Waals surface area contributed by atoms with Gasteiger partial charge in [-0.1, -0.05) is 243 Å². The van der Waals surface area contributed by atoms with E-state index < -0.39 is 0 Å². The van der Waals surface area contributed by atoms with Crippen molar-refractivity contribution in [1.82, 2.24) is 0 Å². The first-order valence-corrected chi connectivity index (χ1v) is 45.5. The van der Waals surface area contributed by atoms with Crippen molar-refractivity contribution >= 4 is 202 Å². The largest absolute Gasteiger partial charge is 0.456 e. The van der Waals surface area contributed by atoms with E-state index >= 15 is 0 Å². The second-order valence-electron chi connectivity index (χ2n) is 41.6. The predicted molar refractivity (Wildman–Crippen MR) is 542 cm³/mol. The van der Waals surface area contributed by atoms with Gasteiger partial charge in [0.05, 0.1) is 0 Å². The van der Waals surface area contributed by atoms with Crippen LogP contribution in [0.15, 0.2) is 321 Å². The quantitative estimate of drug-likeness (QED) is 0.132. The average molecular weight is 1660 g/mol. The molecule has 16 aromatic carbocycles. The molecule has 4 aliphatic heterocycles. The van der Waals surface area contributed by atoms with Gasteiger partial charge in [-0.25, -0.2) is 0 Å². The van der Waals surface area contributed by atoms with Gasteiger partial charge < -0.3 is 37.3 Å². The van der Waals surface area contributed by atoms with E-state index in [-0.39, 0.29) is 40.5 Å². The van der Waals surface area contributed by atoms with Crippen LogP contribution < -0.4 is 52.4 Å². The summed E-state index contributed by atoms with van der Waals surface area (Å²) in [5.41, 5.74) is 42.5. The number of rotatable bonds is 9. The van der Waals surface area contributed by atoms with Gasteiger partial charge in [-0.3, -0.25) is 0 Å². The molecule has 8 heterocycles. The summed E-state index contributed by atoms with van der Waals surface area (Å²) in [6.45, 7) is 37.2. The SMILES string of the molecule is Cc1cc2c3c(c1)N(c1ccc4c(c1)oc1ccccc14)c1ccc(C(C)(C)C)cc1B3c1cc(C(C)(C)C)ccc1N2c1ccc(-c2ccc3c(c2)oc2cccc(CC(C)(C)c4ccc5c(c4)oc4cc(N6c7ccc(C(C)(C)C)cc7B7c8cc(C(C)(C)C)ccc8N(c8ccc(-c9ccc%10c(c9)oc9ccccc9%10)cc8)c8cc(C)cc6c87)ccc45)c23)cc1. The Morgan fingerprint density at radius 1 is 0.234 bits per heavy atom. The topological polar surface area (TPSA) is 65.5 Å². The second-order valence-corrected chi connectivity index (χ2v) is 41.6. The van der Waals surface area contributed by atoms with E-state index in [0.29, 0.717) is 0 Å². The molecule has 0 bridgehead atoms. The minimum absolute atomic E-state index is 0.0314. The molecular formula is C118H100B2N4O4. The highest BCUT2D eigenvalue weighted by molar-refractivity contribution is 7.01. The maximum absolute atomic E-state index is 7.21. The fourth-order valence-corrected chi connectivity index (χ4v) is 21.8. The van der Waals surface area contributed by atoms with E-state index in [1.54, 1.807) is 0 Å². The van der Waals surface area contributed by atoms with Crippen LogP contribution in [0.3, 0.4) is 0 Å². The van der Waals surface area contributed by atoms with Gasteiger partial charge in [-0.05, 0) is 292 Å². The number of nitrogens with zero attached hydrogens (tertiary/aromatic N) is 4. The summed E-state index contributed by atoms with van der Waals surface area (Å²) in [6.07, 6.45) is 0.777. The smallest absolute Gasteiger partial charge is 0.252 e.